The van der Waals surface area contributed by atoms with Gasteiger partial charge in [-0.05, 0) is 24.1 Å². The quantitative estimate of drug-likeness (QED) is 0.255. The number of rotatable bonds is 5. The lowest BCUT2D eigenvalue weighted by atomic mass is 10.1. The summed E-state index contributed by atoms with van der Waals surface area (Å²) in [5.74, 6) is -0.491. The summed E-state index contributed by atoms with van der Waals surface area (Å²) in [6.07, 6.45) is 0.424. The maximum absolute atomic E-state index is 11.4. The van der Waals surface area contributed by atoms with Crippen molar-refractivity contribution in [3.63, 3.8) is 0 Å². The van der Waals surface area contributed by atoms with Gasteiger partial charge < -0.3 is 21.4 Å². The number of nitrogens with one attached hydrogen (secondary N) is 1. The fourth-order valence-corrected chi connectivity index (χ4v) is 1.29. The Labute approximate surface area is 98.7 Å². The average molecular weight is 237 g/mol. The van der Waals surface area contributed by atoms with Crippen LogP contribution in [0.3, 0.4) is 0 Å². The van der Waals surface area contributed by atoms with Crippen LogP contribution >= 0.6 is 0 Å². The molecule has 0 atom stereocenters. The summed E-state index contributed by atoms with van der Waals surface area (Å²) < 4.78 is 0. The molecule has 0 unspecified atom stereocenters. The van der Waals surface area contributed by atoms with Crippen LogP contribution in [0.2, 0.25) is 0 Å². The van der Waals surface area contributed by atoms with Crippen LogP contribution in [-0.2, 0) is 11.2 Å². The number of hydrogen-bond donors (Lipinski definition) is 4. The van der Waals surface area contributed by atoms with Gasteiger partial charge in [-0.1, -0.05) is 17.3 Å². The highest BCUT2D eigenvalue weighted by atomic mass is 16.4. The number of carbonyl (C=O) groups excluding carboxylic acids is 1. The van der Waals surface area contributed by atoms with E-state index in [4.69, 9.17) is 16.0 Å². The third-order valence-corrected chi connectivity index (χ3v) is 2.11. The number of aliphatic hydroxyl groups is 1. The van der Waals surface area contributed by atoms with Crippen molar-refractivity contribution in [3.05, 3.63) is 29.8 Å². The highest BCUT2D eigenvalue weighted by Gasteiger charge is 2.05. The zero-order valence-corrected chi connectivity index (χ0v) is 9.26. The molecule has 1 rings (SSSR count). The predicted molar refractivity (Wildman–Crippen MR) is 63.9 cm³/mol. The van der Waals surface area contributed by atoms with Gasteiger partial charge in [0.2, 0.25) is 5.91 Å². The molecule has 17 heavy (non-hydrogen) atoms. The van der Waals surface area contributed by atoms with E-state index >= 15 is 0 Å². The molecule has 6 nitrogen and oxygen atoms in total. The lowest BCUT2D eigenvalue weighted by Crippen LogP contribution is -2.21. The van der Waals surface area contributed by atoms with Crippen LogP contribution in [-0.4, -0.2) is 28.7 Å². The van der Waals surface area contributed by atoms with Crippen LogP contribution in [0.4, 0.5) is 5.69 Å². The van der Waals surface area contributed by atoms with E-state index < -0.39 is 0 Å². The molecule has 0 bridgehead atoms. The minimum absolute atomic E-state index is 0.0925. The third-order valence-electron chi connectivity index (χ3n) is 2.11. The number of oxime groups is 1. The van der Waals surface area contributed by atoms with E-state index in [1.165, 1.54) is 0 Å². The SMILES string of the molecule is NC(CC(=O)Nc1ccc(CCO)cc1)=NO. The first-order valence-electron chi connectivity index (χ1n) is 5.11. The first kappa shape index (κ1) is 13.0. The molecule has 0 aliphatic carbocycles. The van der Waals surface area contributed by atoms with E-state index in [2.05, 4.69) is 10.5 Å². The summed E-state index contributed by atoms with van der Waals surface area (Å²) in [6, 6.07) is 7.09. The fourth-order valence-electron chi connectivity index (χ4n) is 1.29. The number of nitrogens with two attached hydrogens (primary N) is 1. The highest BCUT2D eigenvalue weighted by Crippen LogP contribution is 2.10. The first-order valence-corrected chi connectivity index (χ1v) is 5.11. The van der Waals surface area contributed by atoms with E-state index in [1.807, 2.05) is 12.1 Å². The number of carbonyl (C=O) groups is 1. The zero-order chi connectivity index (χ0) is 12.7. The van der Waals surface area contributed by atoms with Gasteiger partial charge in [-0.3, -0.25) is 4.79 Å². The average Bonchev–Trinajstić information content (AvgIpc) is 2.31. The Morgan fingerprint density at radius 2 is 2.00 bits per heavy atom. The topological polar surface area (TPSA) is 108 Å². The van der Waals surface area contributed by atoms with Crippen LogP contribution in [0.1, 0.15) is 12.0 Å². The minimum Gasteiger partial charge on any atom is -0.409 e. The monoisotopic (exact) mass is 237 g/mol. The van der Waals surface area contributed by atoms with Gasteiger partial charge in [0.05, 0.1) is 6.42 Å². The van der Waals surface area contributed by atoms with Gasteiger partial charge in [0, 0.05) is 12.3 Å². The van der Waals surface area contributed by atoms with Gasteiger partial charge in [0.1, 0.15) is 5.84 Å². The van der Waals surface area contributed by atoms with Gasteiger partial charge >= 0.3 is 0 Å². The molecule has 0 aliphatic heterocycles. The molecule has 5 N–H and O–H groups in total. The summed E-state index contributed by atoms with van der Waals surface area (Å²) in [4.78, 5) is 11.4. The van der Waals surface area contributed by atoms with Gasteiger partial charge in [0.25, 0.3) is 0 Å². The normalized spacial score (nSPS) is 11.2. The first-order chi connectivity index (χ1) is 8.15. The van der Waals surface area contributed by atoms with Crippen LogP contribution < -0.4 is 11.1 Å². The molecule has 0 radical (unpaired) electrons. The number of benzene rings is 1. The van der Waals surface area contributed by atoms with E-state index in [-0.39, 0.29) is 24.8 Å². The maximum Gasteiger partial charge on any atom is 0.232 e. The number of hydrogen-bond acceptors (Lipinski definition) is 4. The smallest absolute Gasteiger partial charge is 0.232 e. The number of anilines is 1. The van der Waals surface area contributed by atoms with Crippen molar-refractivity contribution in [2.24, 2.45) is 10.9 Å². The molecule has 0 aromatic heterocycles. The molecule has 0 fully saturated rings. The predicted octanol–water partition coefficient (Wildman–Crippen LogP) is 0.296. The molecule has 0 aliphatic rings. The van der Waals surface area contributed by atoms with Crippen molar-refractivity contribution in [2.75, 3.05) is 11.9 Å². The molecule has 0 spiro atoms. The molecule has 0 saturated heterocycles. The molecule has 6 heteroatoms. The Kier molecular flexibility index (Phi) is 4.96. The molecule has 0 saturated carbocycles. The number of nitrogens with zero attached hydrogens (tertiary/aromatic N) is 1. The lowest BCUT2D eigenvalue weighted by molar-refractivity contribution is -0.115. The Bertz CT molecular complexity index is 401. The van der Waals surface area contributed by atoms with E-state index in [0.717, 1.165) is 5.56 Å². The molecule has 0 heterocycles. The summed E-state index contributed by atoms with van der Waals surface area (Å²) >= 11 is 0. The summed E-state index contributed by atoms with van der Waals surface area (Å²) in [5, 5.41) is 22.4. The molecule has 1 aromatic carbocycles. The van der Waals surface area contributed by atoms with E-state index in [1.54, 1.807) is 12.1 Å². The second-order valence-corrected chi connectivity index (χ2v) is 3.49. The van der Waals surface area contributed by atoms with Crippen LogP contribution in [0.25, 0.3) is 0 Å². The van der Waals surface area contributed by atoms with Crippen molar-refractivity contribution in [1.82, 2.24) is 0 Å². The van der Waals surface area contributed by atoms with E-state index in [9.17, 15) is 4.79 Å². The van der Waals surface area contributed by atoms with Gasteiger partial charge in [-0.2, -0.15) is 0 Å². The molecule has 1 amide bonds. The minimum atomic E-state index is -0.352. The molecule has 1 aromatic rings. The van der Waals surface area contributed by atoms with Crippen molar-refractivity contribution in [2.45, 2.75) is 12.8 Å². The van der Waals surface area contributed by atoms with E-state index in [0.29, 0.717) is 12.1 Å². The summed E-state index contributed by atoms with van der Waals surface area (Å²) in [5.41, 5.74) is 6.82. The maximum atomic E-state index is 11.4. The van der Waals surface area contributed by atoms with Gasteiger partial charge in [-0.25, -0.2) is 0 Å². The highest BCUT2D eigenvalue weighted by molar-refractivity contribution is 6.04. The number of amidine groups is 1. The molecular formula is C11H15N3O3. The number of aliphatic hydroxyl groups excluding tert-OH is 1. The van der Waals surface area contributed by atoms with Crippen LogP contribution in [0, 0.1) is 0 Å². The molecule has 92 valence electrons. The fraction of sp³-hybridized carbons (Fsp3) is 0.273. The van der Waals surface area contributed by atoms with Crippen LogP contribution in [0.15, 0.2) is 29.4 Å². The van der Waals surface area contributed by atoms with Crippen molar-refractivity contribution in [1.29, 1.82) is 0 Å². The van der Waals surface area contributed by atoms with Gasteiger partial charge in [-0.15, -0.1) is 0 Å². The summed E-state index contributed by atoms with van der Waals surface area (Å²) in [6.45, 7) is 0.0925. The van der Waals surface area contributed by atoms with Crippen LogP contribution in [0.5, 0.6) is 0 Å². The van der Waals surface area contributed by atoms with Crippen molar-refractivity contribution < 1.29 is 15.1 Å². The standard InChI is InChI=1S/C11H15N3O3/c12-10(14-17)7-11(16)13-9-3-1-8(2-4-9)5-6-15/h1-4,15,17H,5-7H2,(H2,12,14)(H,13,16). The zero-order valence-electron chi connectivity index (χ0n) is 9.26. The summed E-state index contributed by atoms with van der Waals surface area (Å²) in [7, 11) is 0. The largest absolute Gasteiger partial charge is 0.409 e. The lowest BCUT2D eigenvalue weighted by Gasteiger charge is -2.05. The Morgan fingerprint density at radius 1 is 1.35 bits per heavy atom. The second kappa shape index (κ2) is 6.49. The molecular weight excluding hydrogens is 222 g/mol. The Hall–Kier alpha value is -2.08. The second-order valence-electron chi connectivity index (χ2n) is 3.49. The Morgan fingerprint density at radius 3 is 2.53 bits per heavy atom. The van der Waals surface area contributed by atoms with Gasteiger partial charge in [0.15, 0.2) is 0 Å². The van der Waals surface area contributed by atoms with Crippen molar-refractivity contribution >= 4 is 17.4 Å². The number of amides is 1. The Balaban J connectivity index is 2.54. The van der Waals surface area contributed by atoms with Crippen molar-refractivity contribution in [3.8, 4) is 0 Å². The third kappa shape index (κ3) is 4.52.